The lowest BCUT2D eigenvalue weighted by Gasteiger charge is -2.28. The van der Waals surface area contributed by atoms with Crippen molar-refractivity contribution in [1.82, 2.24) is 14.6 Å². The van der Waals surface area contributed by atoms with E-state index in [4.69, 9.17) is 30.3 Å². The van der Waals surface area contributed by atoms with E-state index in [0.717, 1.165) is 4.57 Å². The molecule has 0 amide bonds. The molecule has 1 aliphatic rings. The number of nitrogens with zero attached hydrogens (tertiary/aromatic N) is 1. The number of rotatable bonds is 10. The second-order valence-corrected chi connectivity index (χ2v) is 11.7. The first-order chi connectivity index (χ1) is 17.5. The summed E-state index contributed by atoms with van der Waals surface area (Å²) in [4.78, 5) is 38.4. The first-order valence-corrected chi connectivity index (χ1v) is 14.2. The predicted octanol–water partition coefficient (Wildman–Crippen LogP) is 1.68. The lowest BCUT2D eigenvalue weighted by Crippen LogP contribution is -2.37. The van der Waals surface area contributed by atoms with Crippen LogP contribution in [-0.2, 0) is 30.6 Å². The van der Waals surface area contributed by atoms with E-state index in [0.29, 0.717) is 5.75 Å². The maximum Gasteiger partial charge on any atom is 0.330 e. The van der Waals surface area contributed by atoms with Crippen LogP contribution in [-0.4, -0.2) is 51.6 Å². The van der Waals surface area contributed by atoms with Crippen molar-refractivity contribution >= 4 is 24.4 Å². The Balaban J connectivity index is 1.82. The summed E-state index contributed by atoms with van der Waals surface area (Å²) in [5.74, 6) is 4.69. The van der Waals surface area contributed by atoms with Crippen LogP contribution in [0.25, 0.3) is 0 Å². The van der Waals surface area contributed by atoms with Crippen molar-refractivity contribution < 1.29 is 28.4 Å². The van der Waals surface area contributed by atoms with Crippen LogP contribution in [0.1, 0.15) is 33.9 Å². The number of aliphatic hydroxyl groups is 1. The van der Waals surface area contributed by atoms with E-state index in [-0.39, 0.29) is 12.7 Å². The highest BCUT2D eigenvalue weighted by Crippen LogP contribution is 2.46. The van der Waals surface area contributed by atoms with Crippen LogP contribution in [0, 0.1) is 17.8 Å². The molecule has 1 saturated heterocycles. The molecule has 6 unspecified atom stereocenters. The average Bonchev–Trinajstić information content (AvgIpc) is 3.13. The number of aromatic amines is 1. The molecule has 0 bridgehead atoms. The van der Waals surface area contributed by atoms with E-state index >= 15 is 0 Å². The fraction of sp³-hybridized carbons (Fsp3) is 0.458. The van der Waals surface area contributed by atoms with Gasteiger partial charge in [0.05, 0.1) is 18.6 Å². The van der Waals surface area contributed by atoms with Crippen LogP contribution in [0.15, 0.2) is 52.2 Å². The number of esters is 1. The number of aliphatic hydroxyl groups excluding tert-OH is 1. The quantitative estimate of drug-likeness (QED) is 0.227. The Morgan fingerprint density at radius 2 is 1.97 bits per heavy atom. The van der Waals surface area contributed by atoms with Crippen LogP contribution in [0.3, 0.4) is 0 Å². The Labute approximate surface area is 219 Å². The molecule has 1 fully saturated rings. The minimum Gasteiger partial charge on any atom is -0.462 e. The topological polar surface area (TPSA) is 141 Å². The van der Waals surface area contributed by atoms with Crippen molar-refractivity contribution in [1.29, 1.82) is 0 Å². The summed E-state index contributed by atoms with van der Waals surface area (Å²) in [6.45, 7) is 3.03. The fourth-order valence-corrected chi connectivity index (χ4v) is 5.99. The standard InChI is InChI=1S/C24H30N3O8PS/c1-5-9-18-21(29)19(34-22(18)27-13-12-20(28)25-24(27)31)14-32-36(37,35-17-10-7-6-8-11-17)26-16(4)23(30)33-15(2)3/h6-8,10-13,15-16,18-19,21-22,29H,14H2,1-4H3,(H,26,37)(H,25,28,31). The third-order valence-electron chi connectivity index (χ3n) is 5.24. The average molecular weight is 552 g/mol. The van der Waals surface area contributed by atoms with Crippen molar-refractivity contribution in [2.24, 2.45) is 5.92 Å². The SMILES string of the molecule is CC#CC1C(O)C(COP(=S)(NC(C)C(=O)OC(C)C)Oc2ccccc2)OC1n1ccc(=O)[nH]c1=O. The number of nitrogens with one attached hydrogen (secondary N) is 2. The third kappa shape index (κ3) is 7.61. The molecule has 0 radical (unpaired) electrons. The zero-order chi connectivity index (χ0) is 27.2. The van der Waals surface area contributed by atoms with E-state index < -0.39 is 54.3 Å². The van der Waals surface area contributed by atoms with Gasteiger partial charge in [0.25, 0.3) is 5.56 Å². The molecular formula is C24H30N3O8PS. The summed E-state index contributed by atoms with van der Waals surface area (Å²) in [6, 6.07) is 9.03. The minimum absolute atomic E-state index is 0.235. The number of H-pyrrole nitrogens is 1. The van der Waals surface area contributed by atoms with Crippen LogP contribution in [0.2, 0.25) is 0 Å². The van der Waals surface area contributed by atoms with Gasteiger partial charge in [-0.2, -0.15) is 0 Å². The molecule has 200 valence electrons. The molecule has 3 N–H and O–H groups in total. The Bertz CT molecular complexity index is 1300. The van der Waals surface area contributed by atoms with Crippen LogP contribution in [0.4, 0.5) is 0 Å². The molecule has 11 nitrogen and oxygen atoms in total. The molecule has 1 aliphatic heterocycles. The molecule has 1 aromatic heterocycles. The van der Waals surface area contributed by atoms with E-state index in [9.17, 15) is 19.5 Å². The van der Waals surface area contributed by atoms with Crippen LogP contribution < -0.4 is 20.9 Å². The summed E-state index contributed by atoms with van der Waals surface area (Å²) in [6.07, 6.45) is -2.13. The van der Waals surface area contributed by atoms with Gasteiger partial charge in [-0.25, -0.2) is 9.88 Å². The largest absolute Gasteiger partial charge is 0.462 e. The fourth-order valence-electron chi connectivity index (χ4n) is 3.58. The number of hydrogen-bond acceptors (Lipinski definition) is 9. The molecule has 0 saturated carbocycles. The van der Waals surface area contributed by atoms with Gasteiger partial charge in [-0.3, -0.25) is 19.1 Å². The van der Waals surface area contributed by atoms with Gasteiger partial charge < -0.3 is 23.6 Å². The lowest BCUT2D eigenvalue weighted by atomic mass is 10.0. The van der Waals surface area contributed by atoms with Crippen molar-refractivity contribution in [2.75, 3.05) is 6.61 Å². The molecule has 6 atom stereocenters. The van der Waals surface area contributed by atoms with Gasteiger partial charge in [0.15, 0.2) is 6.23 Å². The number of ether oxygens (including phenoxy) is 2. The summed E-state index contributed by atoms with van der Waals surface area (Å²) in [7, 11) is 0. The monoisotopic (exact) mass is 551 g/mol. The van der Waals surface area contributed by atoms with Gasteiger partial charge in [0, 0.05) is 12.3 Å². The summed E-state index contributed by atoms with van der Waals surface area (Å²) >= 11 is 5.69. The zero-order valence-corrected chi connectivity index (χ0v) is 22.5. The van der Waals surface area contributed by atoms with Crippen molar-refractivity contribution in [3.05, 3.63) is 63.4 Å². The minimum atomic E-state index is -3.38. The lowest BCUT2D eigenvalue weighted by molar-refractivity contribution is -0.149. The van der Waals surface area contributed by atoms with Gasteiger partial charge >= 0.3 is 18.3 Å². The maximum absolute atomic E-state index is 12.4. The molecule has 1 aromatic carbocycles. The zero-order valence-electron chi connectivity index (χ0n) is 20.8. The van der Waals surface area contributed by atoms with E-state index in [1.807, 2.05) is 6.07 Å². The molecule has 0 spiro atoms. The molecule has 2 heterocycles. The molecule has 2 aromatic rings. The van der Waals surface area contributed by atoms with Gasteiger partial charge in [0.2, 0.25) is 0 Å². The molecular weight excluding hydrogens is 521 g/mol. The Kier molecular flexibility index (Phi) is 9.84. The van der Waals surface area contributed by atoms with Crippen LogP contribution in [0.5, 0.6) is 5.75 Å². The number of aromatic nitrogens is 2. The highest BCUT2D eigenvalue weighted by Gasteiger charge is 2.45. The smallest absolute Gasteiger partial charge is 0.330 e. The number of carbonyl (C=O) groups is 1. The van der Waals surface area contributed by atoms with Gasteiger partial charge in [-0.15, -0.1) is 5.92 Å². The highest BCUT2D eigenvalue weighted by molar-refractivity contribution is 8.09. The predicted molar refractivity (Wildman–Crippen MR) is 139 cm³/mol. The Hall–Kier alpha value is -2.78. The summed E-state index contributed by atoms with van der Waals surface area (Å²) < 4.78 is 24.3. The highest BCUT2D eigenvalue weighted by atomic mass is 32.5. The second-order valence-electron chi connectivity index (χ2n) is 8.53. The number of benzene rings is 1. The third-order valence-corrected chi connectivity index (χ3v) is 7.74. The number of para-hydroxylation sites is 1. The van der Waals surface area contributed by atoms with Crippen molar-refractivity contribution in [3.63, 3.8) is 0 Å². The van der Waals surface area contributed by atoms with Gasteiger partial charge in [-0.05, 0) is 51.6 Å². The summed E-state index contributed by atoms with van der Waals surface area (Å²) in [5.41, 5.74) is -1.27. The summed E-state index contributed by atoms with van der Waals surface area (Å²) in [5, 5.41) is 13.9. The van der Waals surface area contributed by atoms with Gasteiger partial charge in [0.1, 0.15) is 24.0 Å². The second kappa shape index (κ2) is 12.6. The molecule has 13 heteroatoms. The first-order valence-electron chi connectivity index (χ1n) is 11.6. The van der Waals surface area contributed by atoms with Crippen molar-refractivity contribution in [3.8, 4) is 17.6 Å². The molecule has 0 aliphatic carbocycles. The maximum atomic E-state index is 12.4. The normalized spacial score (nSPS) is 23.5. The Morgan fingerprint density at radius 3 is 2.59 bits per heavy atom. The molecule has 3 rings (SSSR count). The molecule has 37 heavy (non-hydrogen) atoms. The van der Waals surface area contributed by atoms with Crippen molar-refractivity contribution in [2.45, 2.75) is 58.3 Å². The first kappa shape index (κ1) is 28.8. The van der Waals surface area contributed by atoms with E-state index in [2.05, 4.69) is 21.9 Å². The number of carbonyl (C=O) groups excluding carboxylic acids is 1. The Morgan fingerprint density at radius 1 is 1.27 bits per heavy atom. The number of hydrogen-bond donors (Lipinski definition) is 3. The van der Waals surface area contributed by atoms with E-state index in [1.54, 1.807) is 52.0 Å². The van der Waals surface area contributed by atoms with E-state index in [1.165, 1.54) is 12.3 Å². The van der Waals surface area contributed by atoms with Crippen LogP contribution >= 0.6 is 6.64 Å². The van der Waals surface area contributed by atoms with Gasteiger partial charge in [-0.1, -0.05) is 24.1 Å².